The molecule has 3 aromatic rings. The number of aromatic nitrogens is 1. The molecule has 0 aliphatic rings. The number of fused-ring (bicyclic) bond motifs is 1. The molecule has 0 fully saturated rings. The molecule has 0 saturated carbocycles. The molecule has 0 bridgehead atoms. The van der Waals surface area contributed by atoms with Gasteiger partial charge in [-0.25, -0.2) is 9.59 Å². The molecule has 0 spiro atoms. The van der Waals surface area contributed by atoms with Crippen LogP contribution in [0.4, 0.5) is 4.79 Å². The first kappa shape index (κ1) is 22.4. The van der Waals surface area contributed by atoms with Crippen molar-refractivity contribution in [1.29, 1.82) is 0 Å². The number of para-hydroxylation sites is 1. The standard InChI is InChI=1S/C25H30N2O4/c1-16-10-17(2)12-18(11-16)15-30-23(28)22(27-24(29)31-25(3,4)5)13-19-14-26-21-9-7-6-8-20(19)21/h6-12,14,22,26H,13,15H2,1-5H3,(H,27,29). The summed E-state index contributed by atoms with van der Waals surface area (Å²) in [6.07, 6.45) is 1.49. The van der Waals surface area contributed by atoms with Gasteiger partial charge < -0.3 is 19.8 Å². The van der Waals surface area contributed by atoms with E-state index >= 15 is 0 Å². The normalized spacial score (nSPS) is 12.4. The number of amides is 1. The minimum Gasteiger partial charge on any atom is -0.459 e. The summed E-state index contributed by atoms with van der Waals surface area (Å²) in [5.74, 6) is -0.504. The minimum atomic E-state index is -0.875. The first-order valence-electron chi connectivity index (χ1n) is 10.4. The maximum absolute atomic E-state index is 12.9. The quantitative estimate of drug-likeness (QED) is 0.550. The molecule has 1 amide bonds. The molecule has 1 aromatic heterocycles. The average Bonchev–Trinajstić information content (AvgIpc) is 3.06. The Morgan fingerprint density at radius 1 is 1.06 bits per heavy atom. The van der Waals surface area contributed by atoms with Crippen LogP contribution in [0.15, 0.2) is 48.7 Å². The lowest BCUT2D eigenvalue weighted by Crippen LogP contribution is -2.45. The fraction of sp³-hybridized carbons (Fsp3) is 0.360. The summed E-state index contributed by atoms with van der Waals surface area (Å²) in [7, 11) is 0. The number of carbonyl (C=O) groups excluding carboxylic acids is 2. The highest BCUT2D eigenvalue weighted by molar-refractivity contribution is 5.86. The summed E-state index contributed by atoms with van der Waals surface area (Å²) in [6, 6.07) is 13.0. The molecule has 0 radical (unpaired) electrons. The van der Waals surface area contributed by atoms with Gasteiger partial charge in [0.05, 0.1) is 0 Å². The van der Waals surface area contributed by atoms with Crippen molar-refractivity contribution in [2.24, 2.45) is 0 Å². The van der Waals surface area contributed by atoms with Crippen molar-refractivity contribution >= 4 is 23.0 Å². The smallest absolute Gasteiger partial charge is 0.408 e. The number of hydrogen-bond donors (Lipinski definition) is 2. The van der Waals surface area contributed by atoms with Crippen LogP contribution in [0, 0.1) is 13.8 Å². The van der Waals surface area contributed by atoms with E-state index in [0.717, 1.165) is 33.2 Å². The van der Waals surface area contributed by atoms with E-state index in [9.17, 15) is 9.59 Å². The summed E-state index contributed by atoms with van der Waals surface area (Å²) >= 11 is 0. The number of aryl methyl sites for hydroxylation is 2. The molecule has 6 nitrogen and oxygen atoms in total. The molecule has 0 saturated heterocycles. The molecule has 2 N–H and O–H groups in total. The van der Waals surface area contributed by atoms with E-state index in [-0.39, 0.29) is 13.0 Å². The highest BCUT2D eigenvalue weighted by Crippen LogP contribution is 2.20. The molecule has 6 heteroatoms. The molecule has 1 heterocycles. The number of benzene rings is 2. The zero-order valence-electron chi connectivity index (χ0n) is 18.7. The molecule has 0 aliphatic heterocycles. The molecular weight excluding hydrogens is 392 g/mol. The Labute approximate surface area is 182 Å². The number of carbonyl (C=O) groups is 2. The lowest BCUT2D eigenvalue weighted by atomic mass is 10.0. The second kappa shape index (κ2) is 9.25. The van der Waals surface area contributed by atoms with E-state index in [0.29, 0.717) is 0 Å². The fourth-order valence-corrected chi connectivity index (χ4v) is 3.57. The van der Waals surface area contributed by atoms with Gasteiger partial charge in [-0.1, -0.05) is 47.5 Å². The minimum absolute atomic E-state index is 0.141. The first-order chi connectivity index (χ1) is 14.6. The van der Waals surface area contributed by atoms with Gasteiger partial charge >= 0.3 is 12.1 Å². The third kappa shape index (κ3) is 6.35. The molecule has 164 valence electrons. The van der Waals surface area contributed by atoms with Gasteiger partial charge in [-0.05, 0) is 51.8 Å². The second-order valence-corrected chi connectivity index (χ2v) is 8.87. The highest BCUT2D eigenvalue weighted by Gasteiger charge is 2.27. The van der Waals surface area contributed by atoms with E-state index in [1.807, 2.05) is 56.4 Å². The van der Waals surface area contributed by atoms with Gasteiger partial charge in [-0.15, -0.1) is 0 Å². The van der Waals surface area contributed by atoms with Crippen molar-refractivity contribution in [2.45, 2.75) is 59.3 Å². The van der Waals surface area contributed by atoms with Crippen LogP contribution in [0.2, 0.25) is 0 Å². The number of aromatic amines is 1. The van der Waals surface area contributed by atoms with Crippen LogP contribution in [-0.2, 0) is 27.3 Å². The number of nitrogens with one attached hydrogen (secondary N) is 2. The molecule has 1 unspecified atom stereocenters. The zero-order chi connectivity index (χ0) is 22.6. The Kier molecular flexibility index (Phi) is 6.68. The molecule has 31 heavy (non-hydrogen) atoms. The van der Waals surface area contributed by atoms with Crippen molar-refractivity contribution in [2.75, 3.05) is 0 Å². The molecule has 2 aromatic carbocycles. The lowest BCUT2D eigenvalue weighted by molar-refractivity contribution is -0.147. The summed E-state index contributed by atoms with van der Waals surface area (Å²) < 4.78 is 10.9. The van der Waals surface area contributed by atoms with Gasteiger partial charge in [-0.2, -0.15) is 0 Å². The number of ether oxygens (including phenoxy) is 2. The Morgan fingerprint density at radius 3 is 2.42 bits per heavy atom. The van der Waals surface area contributed by atoms with Crippen LogP contribution in [0.3, 0.4) is 0 Å². The van der Waals surface area contributed by atoms with E-state index in [4.69, 9.17) is 9.47 Å². The van der Waals surface area contributed by atoms with E-state index in [1.165, 1.54) is 0 Å². The van der Waals surface area contributed by atoms with Crippen LogP contribution in [0.1, 0.15) is 43.0 Å². The molecule has 0 aliphatic carbocycles. The highest BCUT2D eigenvalue weighted by atomic mass is 16.6. The van der Waals surface area contributed by atoms with Crippen LogP contribution >= 0.6 is 0 Å². The Bertz CT molecular complexity index is 1060. The van der Waals surface area contributed by atoms with Gasteiger partial charge in [0.15, 0.2) is 0 Å². The molecule has 3 rings (SSSR count). The molecule has 1 atom stereocenters. The summed E-state index contributed by atoms with van der Waals surface area (Å²) in [5, 5.41) is 3.69. The lowest BCUT2D eigenvalue weighted by Gasteiger charge is -2.23. The zero-order valence-corrected chi connectivity index (χ0v) is 18.7. The van der Waals surface area contributed by atoms with Crippen LogP contribution in [-0.4, -0.2) is 28.7 Å². The third-order valence-electron chi connectivity index (χ3n) is 4.74. The maximum Gasteiger partial charge on any atom is 0.408 e. The number of esters is 1. The monoisotopic (exact) mass is 422 g/mol. The summed E-state index contributed by atoms with van der Waals surface area (Å²) in [6.45, 7) is 9.48. The number of H-pyrrole nitrogens is 1. The Morgan fingerprint density at radius 2 is 1.74 bits per heavy atom. The first-order valence-corrected chi connectivity index (χ1v) is 10.4. The topological polar surface area (TPSA) is 80.4 Å². The van der Waals surface area contributed by atoms with E-state index < -0.39 is 23.7 Å². The Hall–Kier alpha value is -3.28. The number of hydrogen-bond acceptors (Lipinski definition) is 4. The SMILES string of the molecule is Cc1cc(C)cc(COC(=O)C(Cc2c[nH]c3ccccc23)NC(=O)OC(C)(C)C)c1. The van der Waals surface area contributed by atoms with Crippen molar-refractivity contribution in [1.82, 2.24) is 10.3 Å². The van der Waals surface area contributed by atoms with Crippen LogP contribution in [0.25, 0.3) is 10.9 Å². The maximum atomic E-state index is 12.9. The number of rotatable bonds is 6. The predicted molar refractivity (Wildman–Crippen MR) is 121 cm³/mol. The van der Waals surface area contributed by atoms with Crippen molar-refractivity contribution in [3.63, 3.8) is 0 Å². The fourth-order valence-electron chi connectivity index (χ4n) is 3.57. The van der Waals surface area contributed by atoms with E-state index in [2.05, 4.69) is 16.4 Å². The van der Waals surface area contributed by atoms with Crippen molar-refractivity contribution in [3.8, 4) is 0 Å². The summed E-state index contributed by atoms with van der Waals surface area (Å²) in [5.41, 5.74) is 4.34. The van der Waals surface area contributed by atoms with Crippen molar-refractivity contribution < 1.29 is 19.1 Å². The summed E-state index contributed by atoms with van der Waals surface area (Å²) in [4.78, 5) is 28.5. The van der Waals surface area contributed by atoms with Crippen molar-refractivity contribution in [3.05, 3.63) is 70.9 Å². The Balaban J connectivity index is 1.76. The third-order valence-corrected chi connectivity index (χ3v) is 4.74. The van der Waals surface area contributed by atoms with Crippen LogP contribution in [0.5, 0.6) is 0 Å². The van der Waals surface area contributed by atoms with E-state index in [1.54, 1.807) is 20.8 Å². The van der Waals surface area contributed by atoms with Gasteiger partial charge in [0, 0.05) is 23.5 Å². The van der Waals surface area contributed by atoms with Gasteiger partial charge in [0.25, 0.3) is 0 Å². The van der Waals surface area contributed by atoms with Gasteiger partial charge in [0.2, 0.25) is 0 Å². The average molecular weight is 423 g/mol. The largest absolute Gasteiger partial charge is 0.459 e. The van der Waals surface area contributed by atoms with Gasteiger partial charge in [-0.3, -0.25) is 0 Å². The second-order valence-electron chi connectivity index (χ2n) is 8.87. The molecular formula is C25H30N2O4. The predicted octanol–water partition coefficient (Wildman–Crippen LogP) is 4.96. The van der Waals surface area contributed by atoms with Gasteiger partial charge in [0.1, 0.15) is 18.2 Å². The number of alkyl carbamates (subject to hydrolysis) is 1. The van der Waals surface area contributed by atoms with Crippen LogP contribution < -0.4 is 5.32 Å².